The molecule has 3 aliphatic rings. The minimum Gasteiger partial charge on any atom is -0.497 e. The number of methoxy groups -OCH3 is 1. The van der Waals surface area contributed by atoms with E-state index in [1.807, 2.05) is 32.0 Å². The zero-order valence-corrected chi connectivity index (χ0v) is 32.1. The number of carbonyl (C=O) groups excluding carboxylic acids is 3. The number of alkyl carbamates (subject to hydrolysis) is 1. The van der Waals surface area contributed by atoms with Crippen LogP contribution in [0.2, 0.25) is 0 Å². The maximum absolute atomic E-state index is 14.1. The first-order chi connectivity index (χ1) is 24.7. The van der Waals surface area contributed by atoms with E-state index in [0.717, 1.165) is 99.9 Å². The summed E-state index contributed by atoms with van der Waals surface area (Å²) < 4.78 is 11.3. The van der Waals surface area contributed by atoms with E-state index in [1.165, 1.54) is 25.7 Å². The van der Waals surface area contributed by atoms with Gasteiger partial charge < -0.3 is 30.1 Å². The summed E-state index contributed by atoms with van der Waals surface area (Å²) in [4.78, 5) is 47.2. The summed E-state index contributed by atoms with van der Waals surface area (Å²) in [6.07, 6.45) is 16.1. The van der Waals surface area contributed by atoms with Gasteiger partial charge in [-0.2, -0.15) is 0 Å². The highest BCUT2D eigenvalue weighted by Gasteiger charge is 2.43. The predicted molar refractivity (Wildman–Crippen MR) is 204 cm³/mol. The summed E-state index contributed by atoms with van der Waals surface area (Å²) in [5.41, 5.74) is 2.31. The van der Waals surface area contributed by atoms with Crippen molar-refractivity contribution in [2.24, 2.45) is 22.7 Å². The number of likely N-dealkylation sites (tertiary alicyclic amines) is 1. The molecule has 1 saturated carbocycles. The van der Waals surface area contributed by atoms with Crippen molar-refractivity contribution in [3.8, 4) is 5.75 Å². The molecule has 2 heterocycles. The van der Waals surface area contributed by atoms with Crippen molar-refractivity contribution in [2.75, 3.05) is 19.0 Å². The molecule has 2 aliphatic heterocycles. The fourth-order valence-corrected chi connectivity index (χ4v) is 8.21. The summed E-state index contributed by atoms with van der Waals surface area (Å²) in [7, 11) is 1.62. The summed E-state index contributed by atoms with van der Waals surface area (Å²) in [5.74, 6) is 1.00. The van der Waals surface area contributed by atoms with Gasteiger partial charge in [0.05, 0.1) is 30.2 Å². The number of anilines is 1. The number of aliphatic imine (C=N–C) groups is 1. The average Bonchev–Trinajstić information content (AvgIpc) is 3.76. The maximum atomic E-state index is 14.1. The van der Waals surface area contributed by atoms with Crippen molar-refractivity contribution in [1.82, 2.24) is 10.2 Å². The van der Waals surface area contributed by atoms with Crippen LogP contribution in [0, 0.1) is 17.8 Å². The molecule has 0 aromatic heterocycles. The van der Waals surface area contributed by atoms with Gasteiger partial charge in [0.15, 0.2) is 12.0 Å². The highest BCUT2D eigenvalue weighted by molar-refractivity contribution is 5.97. The number of amides is 2. The third-order valence-corrected chi connectivity index (χ3v) is 11.3. The SMILES string of the molecule is CCCCCCCCCC(NC(=O)OC1CCCC1CCCCCC1=Nc2ccc(OC)cc2NC1O)C(=O)N1CCC(CC)[C@H]1C(=O)C(C)C. The molecule has 51 heavy (non-hydrogen) atoms. The van der Waals surface area contributed by atoms with Crippen LogP contribution in [0.25, 0.3) is 0 Å². The van der Waals surface area contributed by atoms with E-state index < -0.39 is 24.4 Å². The molecule has 0 spiro atoms. The number of carbonyl (C=O) groups is 3. The number of hydrogen-bond donors (Lipinski definition) is 3. The molecule has 10 heteroatoms. The van der Waals surface area contributed by atoms with Gasteiger partial charge in [-0.25, -0.2) is 4.79 Å². The molecule has 5 unspecified atom stereocenters. The Bertz CT molecular complexity index is 1300. The Hall–Kier alpha value is -3.14. The fraction of sp³-hybridized carbons (Fsp3) is 0.756. The largest absolute Gasteiger partial charge is 0.497 e. The summed E-state index contributed by atoms with van der Waals surface area (Å²) >= 11 is 0. The zero-order chi connectivity index (χ0) is 36.8. The number of Topliss-reactive ketones (excluding diaryl/α,β-unsaturated/α-hetero) is 1. The molecule has 1 aromatic carbocycles. The molecule has 4 rings (SSSR count). The minimum absolute atomic E-state index is 0.115. The van der Waals surface area contributed by atoms with E-state index in [4.69, 9.17) is 9.47 Å². The lowest BCUT2D eigenvalue weighted by atomic mass is 9.89. The zero-order valence-electron chi connectivity index (χ0n) is 32.1. The smallest absolute Gasteiger partial charge is 0.408 e. The Morgan fingerprint density at radius 1 is 0.980 bits per heavy atom. The van der Waals surface area contributed by atoms with Crippen LogP contribution in [0.4, 0.5) is 16.2 Å². The van der Waals surface area contributed by atoms with Crippen LogP contribution in [0.15, 0.2) is 23.2 Å². The van der Waals surface area contributed by atoms with Gasteiger partial charge in [-0.05, 0) is 75.3 Å². The molecule has 286 valence electrons. The van der Waals surface area contributed by atoms with Gasteiger partial charge in [0.25, 0.3) is 0 Å². The Kier molecular flexibility index (Phi) is 16.6. The monoisotopic (exact) mass is 710 g/mol. The first-order valence-electron chi connectivity index (χ1n) is 20.2. The van der Waals surface area contributed by atoms with Gasteiger partial charge in [-0.1, -0.05) is 91.9 Å². The van der Waals surface area contributed by atoms with Gasteiger partial charge in [-0.15, -0.1) is 0 Å². The van der Waals surface area contributed by atoms with Crippen molar-refractivity contribution in [3.05, 3.63) is 18.2 Å². The van der Waals surface area contributed by atoms with Crippen LogP contribution < -0.4 is 15.4 Å². The average molecular weight is 711 g/mol. The van der Waals surface area contributed by atoms with Crippen LogP contribution in [0.5, 0.6) is 5.75 Å². The lowest BCUT2D eigenvalue weighted by molar-refractivity contribution is -0.141. The number of aliphatic hydroxyl groups is 1. The molecular formula is C41H66N4O6. The van der Waals surface area contributed by atoms with Crippen molar-refractivity contribution >= 4 is 34.9 Å². The van der Waals surface area contributed by atoms with Crippen molar-refractivity contribution < 1.29 is 29.0 Å². The number of nitrogens with zero attached hydrogens (tertiary/aromatic N) is 2. The minimum atomic E-state index is -0.808. The van der Waals surface area contributed by atoms with E-state index in [2.05, 4.69) is 29.5 Å². The predicted octanol–water partition coefficient (Wildman–Crippen LogP) is 8.72. The number of benzene rings is 1. The third kappa shape index (κ3) is 11.7. The molecule has 2 amide bonds. The second-order valence-corrected chi connectivity index (χ2v) is 15.4. The number of aliphatic hydroxyl groups excluding tert-OH is 1. The third-order valence-electron chi connectivity index (χ3n) is 11.3. The van der Waals surface area contributed by atoms with Gasteiger partial charge in [0, 0.05) is 18.5 Å². The molecule has 1 aliphatic carbocycles. The summed E-state index contributed by atoms with van der Waals surface area (Å²) in [6, 6.07) is 4.51. The van der Waals surface area contributed by atoms with Crippen molar-refractivity contribution in [2.45, 2.75) is 168 Å². The second kappa shape index (κ2) is 20.8. The van der Waals surface area contributed by atoms with Gasteiger partial charge in [0.1, 0.15) is 17.9 Å². The molecule has 1 aromatic rings. The Balaban J connectivity index is 1.28. The number of ketones is 1. The first-order valence-corrected chi connectivity index (χ1v) is 20.2. The number of nitrogens with one attached hydrogen (secondary N) is 2. The second-order valence-electron chi connectivity index (χ2n) is 15.4. The quantitative estimate of drug-likeness (QED) is 0.109. The highest BCUT2D eigenvalue weighted by atomic mass is 16.6. The molecule has 1 saturated heterocycles. The summed E-state index contributed by atoms with van der Waals surface area (Å²) in [6.45, 7) is 8.67. The normalized spacial score (nSPS) is 23.4. The molecule has 6 atom stereocenters. The van der Waals surface area contributed by atoms with Gasteiger partial charge >= 0.3 is 6.09 Å². The molecule has 2 fully saturated rings. The van der Waals surface area contributed by atoms with E-state index in [1.54, 1.807) is 12.0 Å². The Morgan fingerprint density at radius 2 is 1.73 bits per heavy atom. The number of unbranched alkanes of at least 4 members (excludes halogenated alkanes) is 8. The molecule has 3 N–H and O–H groups in total. The van der Waals surface area contributed by atoms with Crippen molar-refractivity contribution in [3.63, 3.8) is 0 Å². The van der Waals surface area contributed by atoms with E-state index in [9.17, 15) is 19.5 Å². The molecule has 10 nitrogen and oxygen atoms in total. The maximum Gasteiger partial charge on any atom is 0.408 e. The van der Waals surface area contributed by atoms with Crippen LogP contribution in [0.3, 0.4) is 0 Å². The van der Waals surface area contributed by atoms with Gasteiger partial charge in [-0.3, -0.25) is 14.6 Å². The van der Waals surface area contributed by atoms with Crippen molar-refractivity contribution in [1.29, 1.82) is 0 Å². The van der Waals surface area contributed by atoms with E-state index >= 15 is 0 Å². The Labute approximate surface area is 306 Å². The lowest BCUT2D eigenvalue weighted by Gasteiger charge is -2.31. The summed E-state index contributed by atoms with van der Waals surface area (Å²) in [5, 5.41) is 16.7. The van der Waals surface area contributed by atoms with Crippen LogP contribution >= 0.6 is 0 Å². The number of hydrogen-bond acceptors (Lipinski definition) is 8. The highest BCUT2D eigenvalue weighted by Crippen LogP contribution is 2.35. The van der Waals surface area contributed by atoms with E-state index in [0.29, 0.717) is 25.3 Å². The standard InChI is InChI=1S/C41H66N4O6/c1-6-8-9-10-11-12-15-21-34(40(48)45-26-25-29(7-2)37(45)38(46)28(3)4)44-41(49)51-36-22-17-19-30(36)18-14-13-16-20-33-39(47)43-35-27-31(50-5)23-24-32(35)42-33/h23-24,27-30,34,36-37,39,43,47H,6-22,25-26H2,1-5H3,(H,44,49)/t29?,30?,34?,36?,37-,39?/m0/s1. The molecule has 0 bridgehead atoms. The fourth-order valence-electron chi connectivity index (χ4n) is 8.21. The van der Waals surface area contributed by atoms with E-state index in [-0.39, 0.29) is 29.6 Å². The first kappa shape index (κ1) is 40.6. The molecular weight excluding hydrogens is 644 g/mol. The lowest BCUT2D eigenvalue weighted by Crippen LogP contribution is -2.53. The number of fused-ring (bicyclic) bond motifs is 1. The Morgan fingerprint density at radius 3 is 2.45 bits per heavy atom. The van der Waals surface area contributed by atoms with Crippen LogP contribution in [-0.4, -0.2) is 71.6 Å². The van der Waals surface area contributed by atoms with Crippen LogP contribution in [-0.2, 0) is 14.3 Å². The molecule has 0 radical (unpaired) electrons. The topological polar surface area (TPSA) is 130 Å². The van der Waals surface area contributed by atoms with Crippen LogP contribution in [0.1, 0.15) is 143 Å². The number of rotatable bonds is 21. The van der Waals surface area contributed by atoms with Gasteiger partial charge in [0.2, 0.25) is 5.91 Å². The number of ether oxygens (including phenoxy) is 2.